The summed E-state index contributed by atoms with van der Waals surface area (Å²) in [6.45, 7) is 2.41. The molecule has 1 aromatic carbocycles. The molecule has 1 saturated carbocycles. The predicted molar refractivity (Wildman–Crippen MR) is 139 cm³/mol. The fraction of sp³-hybridized carbons (Fsp3) is 0.600. The summed E-state index contributed by atoms with van der Waals surface area (Å²) in [7, 11) is 0. The molecular weight excluding hydrogens is 563 g/mol. The molecule has 214 valence electrons. The van der Waals surface area contributed by atoms with Crippen molar-refractivity contribution in [1.82, 2.24) is 4.90 Å². The van der Waals surface area contributed by atoms with E-state index in [1.807, 2.05) is 12.1 Å². The predicted octanol–water partition coefficient (Wildman–Crippen LogP) is -1.47. The quantitative estimate of drug-likeness (QED) is 0.430. The minimum Gasteiger partial charge on any atom is -1.00 e. The Morgan fingerprint density at radius 3 is 2.51 bits per heavy atom. The number of alkyl halides is 2. The minimum absolute atomic E-state index is 0. The van der Waals surface area contributed by atoms with Crippen LogP contribution in [0.15, 0.2) is 42.5 Å². The number of H-pyrrole nitrogens is 1. The smallest absolute Gasteiger partial charge is 0.273 e. The largest absolute Gasteiger partial charge is 1.00 e. The van der Waals surface area contributed by atoms with Crippen LogP contribution in [0.25, 0.3) is 0 Å². The van der Waals surface area contributed by atoms with Crippen LogP contribution >= 0.6 is 11.6 Å². The Morgan fingerprint density at radius 2 is 1.77 bits per heavy atom. The molecular formula is C30H38Cl3F2N3O. The van der Waals surface area contributed by atoms with Gasteiger partial charge in [0, 0.05) is 43.5 Å². The van der Waals surface area contributed by atoms with Gasteiger partial charge in [0.05, 0.1) is 18.5 Å². The van der Waals surface area contributed by atoms with E-state index in [0.29, 0.717) is 30.5 Å². The lowest BCUT2D eigenvalue weighted by Gasteiger charge is -2.47. The zero-order valence-corrected chi connectivity index (χ0v) is 24.4. The lowest BCUT2D eigenvalue weighted by atomic mass is 9.64. The van der Waals surface area contributed by atoms with E-state index >= 15 is 0 Å². The van der Waals surface area contributed by atoms with Crippen LogP contribution in [0.5, 0.6) is 0 Å². The number of piperidine rings is 1. The summed E-state index contributed by atoms with van der Waals surface area (Å²) in [5.41, 5.74) is 3.54. The Hall–Kier alpha value is -1.47. The number of hydrogen-bond donors (Lipinski definition) is 1. The highest BCUT2D eigenvalue weighted by Gasteiger charge is 2.56. The number of amides is 1. The number of aryl methyl sites for hydroxylation is 1. The zero-order chi connectivity index (χ0) is 25.6. The van der Waals surface area contributed by atoms with Gasteiger partial charge in [-0.1, -0.05) is 30.3 Å². The number of pyridine rings is 1. The number of carbonyl (C=O) groups excluding carboxylic acids is 1. The fourth-order valence-electron chi connectivity index (χ4n) is 8.07. The molecule has 39 heavy (non-hydrogen) atoms. The van der Waals surface area contributed by atoms with Crippen molar-refractivity contribution in [1.29, 1.82) is 0 Å². The maximum absolute atomic E-state index is 14.5. The van der Waals surface area contributed by atoms with Crippen molar-refractivity contribution < 1.29 is 48.7 Å². The molecule has 0 bridgehead atoms. The van der Waals surface area contributed by atoms with Crippen molar-refractivity contribution in [3.8, 4) is 0 Å². The van der Waals surface area contributed by atoms with Crippen molar-refractivity contribution in [2.45, 2.75) is 81.1 Å². The summed E-state index contributed by atoms with van der Waals surface area (Å²) in [5.74, 6) is -1.91. The lowest BCUT2D eigenvalue weighted by Crippen LogP contribution is -3.00. The van der Waals surface area contributed by atoms with E-state index < -0.39 is 5.92 Å². The number of aromatic nitrogens is 1. The Morgan fingerprint density at radius 1 is 1.03 bits per heavy atom. The van der Waals surface area contributed by atoms with E-state index in [1.54, 1.807) is 0 Å². The molecule has 1 aromatic heterocycles. The number of carbonyl (C=O) groups is 1. The molecule has 6 rings (SSSR count). The number of nitrogens with two attached hydrogens (primary N) is 1. The molecule has 2 aliphatic heterocycles. The van der Waals surface area contributed by atoms with E-state index in [9.17, 15) is 13.6 Å². The molecule has 3 fully saturated rings. The lowest BCUT2D eigenvalue weighted by molar-refractivity contribution is -0.640. The van der Waals surface area contributed by atoms with Gasteiger partial charge in [-0.15, -0.1) is 0 Å². The van der Waals surface area contributed by atoms with Gasteiger partial charge in [0.25, 0.3) is 5.15 Å². The van der Waals surface area contributed by atoms with Gasteiger partial charge in [-0.3, -0.25) is 4.79 Å². The second-order valence-corrected chi connectivity index (χ2v) is 12.3. The fourth-order valence-corrected chi connectivity index (χ4v) is 8.25. The summed E-state index contributed by atoms with van der Waals surface area (Å²) in [6.07, 6.45) is 5.69. The third-order valence-corrected chi connectivity index (χ3v) is 10.2. The molecule has 9 heteroatoms. The van der Waals surface area contributed by atoms with Crippen LogP contribution in [0.2, 0.25) is 5.15 Å². The number of quaternary nitrogens is 1. The van der Waals surface area contributed by atoms with Crippen molar-refractivity contribution in [2.75, 3.05) is 19.6 Å². The van der Waals surface area contributed by atoms with Crippen LogP contribution in [-0.2, 0) is 16.6 Å². The third-order valence-electron chi connectivity index (χ3n) is 9.96. The van der Waals surface area contributed by atoms with Crippen LogP contribution in [0.3, 0.4) is 0 Å². The molecule has 4 nitrogen and oxygen atoms in total. The normalized spacial score (nSPS) is 30.2. The first-order chi connectivity index (χ1) is 17.9. The zero-order valence-electron chi connectivity index (χ0n) is 22.2. The van der Waals surface area contributed by atoms with Crippen LogP contribution in [-0.4, -0.2) is 42.4 Å². The molecule has 0 unspecified atom stereocenters. The number of aromatic amines is 1. The molecule has 3 N–H and O–H groups in total. The minimum atomic E-state index is -2.56. The first-order valence-electron chi connectivity index (χ1n) is 14.1. The topological polar surface area (TPSA) is 51.1 Å². The van der Waals surface area contributed by atoms with E-state index in [4.69, 9.17) is 11.6 Å². The van der Waals surface area contributed by atoms with Crippen LogP contribution < -0.4 is 35.1 Å². The van der Waals surface area contributed by atoms with Crippen molar-refractivity contribution in [3.05, 3.63) is 64.4 Å². The number of likely N-dealkylation sites (tertiary alicyclic amines) is 1. The number of hydrogen-bond acceptors (Lipinski definition) is 1. The Labute approximate surface area is 247 Å². The van der Waals surface area contributed by atoms with E-state index in [2.05, 4.69) is 45.5 Å². The van der Waals surface area contributed by atoms with Gasteiger partial charge in [-0.25, -0.2) is 8.78 Å². The standard InChI is InChI=1S/C30H36ClF2N3O.2ClH/c31-27-9-8-23-25(35-27)7-4-13-29(23)19-34-18-24(29)28(37)36-16-12-22(20-5-2-1-3-6-20)17-26(36)21-10-14-30(32,33)15-11-21;;/h1-3,5-6,8-9,21-22,24,26,34H,4,7,10-19H2;2*1H/t22-,24+,26+,29+;;/m1../s1. The van der Waals surface area contributed by atoms with Crippen molar-refractivity contribution >= 4 is 17.5 Å². The number of fused-ring (bicyclic) bond motifs is 2. The summed E-state index contributed by atoms with van der Waals surface area (Å²) in [5, 5.41) is 2.94. The average Bonchev–Trinajstić information content (AvgIpc) is 3.32. The maximum Gasteiger partial charge on any atom is 0.273 e. The molecule has 4 atom stereocenters. The van der Waals surface area contributed by atoms with E-state index in [-0.39, 0.29) is 66.9 Å². The molecule has 3 heterocycles. The SMILES string of the molecule is O=C([C@@H]1C[NH2+]C[C@]12CCCc1[nH+]c(Cl)ccc12)N1CC[C@@H](c2ccccc2)C[C@H]1C1CCC(F)(F)CC1.[Cl-].[Cl-]. The maximum atomic E-state index is 14.5. The van der Waals surface area contributed by atoms with Gasteiger partial charge in [-0.2, -0.15) is 4.98 Å². The summed E-state index contributed by atoms with van der Waals surface area (Å²) < 4.78 is 28.2. The summed E-state index contributed by atoms with van der Waals surface area (Å²) >= 11 is 6.29. The van der Waals surface area contributed by atoms with E-state index in [1.165, 1.54) is 16.8 Å². The first kappa shape index (κ1) is 30.5. The monoisotopic (exact) mass is 599 g/mol. The van der Waals surface area contributed by atoms with Gasteiger partial charge in [-0.05, 0) is 73.6 Å². The molecule has 4 aliphatic rings. The highest BCUT2D eigenvalue weighted by molar-refractivity contribution is 6.28. The number of nitrogens with zero attached hydrogens (tertiary/aromatic N) is 1. The Bertz CT molecular complexity index is 1140. The highest BCUT2D eigenvalue weighted by atomic mass is 35.5. The molecule has 0 radical (unpaired) electrons. The van der Waals surface area contributed by atoms with Gasteiger partial charge < -0.3 is 35.0 Å². The molecule has 2 aromatic rings. The van der Waals surface area contributed by atoms with Crippen LogP contribution in [0.4, 0.5) is 8.78 Å². The summed E-state index contributed by atoms with van der Waals surface area (Å²) in [6, 6.07) is 14.6. The van der Waals surface area contributed by atoms with Gasteiger partial charge in [0.1, 0.15) is 5.92 Å². The molecule has 1 spiro atoms. The summed E-state index contributed by atoms with van der Waals surface area (Å²) in [4.78, 5) is 20.0. The van der Waals surface area contributed by atoms with Gasteiger partial charge >= 0.3 is 0 Å². The number of halogens is 5. The second kappa shape index (κ2) is 12.2. The van der Waals surface area contributed by atoms with Crippen LogP contribution in [0.1, 0.15) is 74.1 Å². The van der Waals surface area contributed by atoms with E-state index in [0.717, 1.165) is 45.2 Å². The number of nitrogens with one attached hydrogen (secondary N) is 1. The average molecular weight is 601 g/mol. The first-order valence-corrected chi connectivity index (χ1v) is 14.5. The Kier molecular flexibility index (Phi) is 9.52. The highest BCUT2D eigenvalue weighted by Crippen LogP contribution is 2.47. The molecule has 2 aliphatic carbocycles. The van der Waals surface area contributed by atoms with Crippen LogP contribution in [0, 0.1) is 11.8 Å². The van der Waals surface area contributed by atoms with Crippen molar-refractivity contribution in [2.24, 2.45) is 11.8 Å². The molecule has 2 saturated heterocycles. The Balaban J connectivity index is 0.00000176. The van der Waals surface area contributed by atoms with Gasteiger partial charge in [0.2, 0.25) is 11.8 Å². The second-order valence-electron chi connectivity index (χ2n) is 11.9. The molecule has 1 amide bonds. The number of benzene rings is 1. The third kappa shape index (κ3) is 5.82. The number of rotatable bonds is 3. The van der Waals surface area contributed by atoms with Gasteiger partial charge in [0.15, 0.2) is 5.69 Å². The van der Waals surface area contributed by atoms with Crippen molar-refractivity contribution in [3.63, 3.8) is 0 Å².